The van der Waals surface area contributed by atoms with Gasteiger partial charge in [0, 0.05) is 40.1 Å². The highest BCUT2D eigenvalue weighted by Gasteiger charge is 2.16. The zero-order valence-electron chi connectivity index (χ0n) is 18.9. The first-order valence-corrected chi connectivity index (χ1v) is 11.0. The number of fused-ring (bicyclic) bond motifs is 1. The molecule has 7 heteroatoms. The van der Waals surface area contributed by atoms with E-state index < -0.39 is 24.0 Å². The molecule has 3 aromatic carbocycles. The van der Waals surface area contributed by atoms with Gasteiger partial charge in [0.2, 0.25) is 5.56 Å². The highest BCUT2D eigenvalue weighted by molar-refractivity contribution is 6.04. The minimum atomic E-state index is -0.733. The molecule has 0 atom stereocenters. The van der Waals surface area contributed by atoms with Gasteiger partial charge in [-0.1, -0.05) is 36.4 Å². The van der Waals surface area contributed by atoms with Crippen molar-refractivity contribution in [3.05, 3.63) is 101 Å². The fourth-order valence-electron chi connectivity index (χ4n) is 3.82. The molecule has 7 nitrogen and oxygen atoms in total. The molecule has 0 spiro atoms. The number of carbonyl (C=O) groups excluding carboxylic acids is 2. The summed E-state index contributed by atoms with van der Waals surface area (Å²) in [4.78, 5) is 41.6. The third-order valence-electron chi connectivity index (χ3n) is 5.28. The number of aromatic amines is 1. The van der Waals surface area contributed by atoms with E-state index >= 15 is 0 Å². The molecule has 1 heterocycles. The van der Waals surface area contributed by atoms with Crippen LogP contribution in [0.4, 0.5) is 17.1 Å². The Balaban J connectivity index is 1.40. The molecule has 34 heavy (non-hydrogen) atoms. The quantitative estimate of drug-likeness (QED) is 0.388. The van der Waals surface area contributed by atoms with Crippen LogP contribution in [-0.2, 0) is 9.53 Å². The van der Waals surface area contributed by atoms with Gasteiger partial charge < -0.3 is 19.9 Å². The Morgan fingerprint density at radius 1 is 0.912 bits per heavy atom. The van der Waals surface area contributed by atoms with Gasteiger partial charge in [0.25, 0.3) is 5.91 Å². The summed E-state index contributed by atoms with van der Waals surface area (Å²) in [6, 6.07) is 25.9. The lowest BCUT2D eigenvalue weighted by Gasteiger charge is -2.29. The van der Waals surface area contributed by atoms with E-state index in [9.17, 15) is 14.4 Å². The van der Waals surface area contributed by atoms with Crippen LogP contribution in [-0.4, -0.2) is 29.5 Å². The van der Waals surface area contributed by atoms with Gasteiger partial charge in [0.15, 0.2) is 6.61 Å². The second kappa shape index (κ2) is 10.0. The second-order valence-corrected chi connectivity index (χ2v) is 8.06. The van der Waals surface area contributed by atoms with E-state index in [2.05, 4.69) is 29.0 Å². The van der Waals surface area contributed by atoms with Crippen LogP contribution in [0.5, 0.6) is 0 Å². The smallest absolute Gasteiger partial charge is 0.339 e. The van der Waals surface area contributed by atoms with Gasteiger partial charge >= 0.3 is 5.97 Å². The number of benzene rings is 3. The summed E-state index contributed by atoms with van der Waals surface area (Å²) in [7, 11) is 0. The molecule has 4 rings (SSSR count). The summed E-state index contributed by atoms with van der Waals surface area (Å²) in [6.45, 7) is 3.76. The lowest BCUT2D eigenvalue weighted by Crippen LogP contribution is -2.25. The molecule has 0 radical (unpaired) electrons. The van der Waals surface area contributed by atoms with Crippen LogP contribution in [0.1, 0.15) is 24.2 Å². The molecule has 0 aliphatic rings. The molecule has 1 amide bonds. The molecular weight excluding hydrogens is 430 g/mol. The Kier molecular flexibility index (Phi) is 6.73. The van der Waals surface area contributed by atoms with Crippen molar-refractivity contribution in [2.45, 2.75) is 19.9 Å². The van der Waals surface area contributed by atoms with Crippen molar-refractivity contribution in [3.63, 3.8) is 0 Å². The fraction of sp³-hybridized carbons (Fsp3) is 0.148. The number of anilines is 3. The number of amides is 1. The van der Waals surface area contributed by atoms with E-state index in [1.165, 1.54) is 6.07 Å². The van der Waals surface area contributed by atoms with Crippen LogP contribution in [0.3, 0.4) is 0 Å². The van der Waals surface area contributed by atoms with Crippen molar-refractivity contribution in [3.8, 4) is 0 Å². The number of rotatable bonds is 7. The zero-order chi connectivity index (χ0) is 24.1. The molecule has 1 aromatic heterocycles. The van der Waals surface area contributed by atoms with Crippen molar-refractivity contribution in [2.24, 2.45) is 0 Å². The first kappa shape index (κ1) is 22.8. The largest absolute Gasteiger partial charge is 0.452 e. The van der Waals surface area contributed by atoms with Crippen molar-refractivity contribution >= 4 is 39.8 Å². The average Bonchev–Trinajstić information content (AvgIpc) is 2.83. The van der Waals surface area contributed by atoms with Gasteiger partial charge in [0.1, 0.15) is 0 Å². The maximum absolute atomic E-state index is 12.5. The SMILES string of the molecule is CC(C)N(c1ccccc1)c1ccc(NC(=O)COC(=O)c2cc(=O)[nH]c3ccccc23)cc1. The maximum atomic E-state index is 12.5. The molecule has 172 valence electrons. The lowest BCUT2D eigenvalue weighted by molar-refractivity contribution is -0.119. The van der Waals surface area contributed by atoms with E-state index in [0.717, 1.165) is 11.4 Å². The van der Waals surface area contributed by atoms with Crippen LogP contribution in [0, 0.1) is 0 Å². The van der Waals surface area contributed by atoms with Gasteiger partial charge in [-0.05, 0) is 56.3 Å². The van der Waals surface area contributed by atoms with Crippen molar-refractivity contribution in [1.82, 2.24) is 4.98 Å². The Morgan fingerprint density at radius 2 is 1.56 bits per heavy atom. The highest BCUT2D eigenvalue weighted by Crippen LogP contribution is 2.28. The van der Waals surface area contributed by atoms with E-state index in [0.29, 0.717) is 16.6 Å². The molecular formula is C27H25N3O4. The Labute approximate surface area is 197 Å². The first-order valence-electron chi connectivity index (χ1n) is 11.0. The van der Waals surface area contributed by atoms with E-state index in [1.807, 2.05) is 42.5 Å². The fourth-order valence-corrected chi connectivity index (χ4v) is 3.82. The van der Waals surface area contributed by atoms with E-state index in [1.54, 1.807) is 36.4 Å². The van der Waals surface area contributed by atoms with Gasteiger partial charge in [-0.3, -0.25) is 9.59 Å². The minimum Gasteiger partial charge on any atom is -0.452 e. The Hall–Kier alpha value is -4.39. The number of hydrogen-bond acceptors (Lipinski definition) is 5. The van der Waals surface area contributed by atoms with Crippen LogP contribution >= 0.6 is 0 Å². The molecule has 2 N–H and O–H groups in total. The molecule has 0 aliphatic carbocycles. The van der Waals surface area contributed by atoms with E-state index in [-0.39, 0.29) is 11.6 Å². The summed E-state index contributed by atoms with van der Waals surface area (Å²) >= 11 is 0. The predicted octanol–water partition coefficient (Wildman–Crippen LogP) is 4.87. The third kappa shape index (κ3) is 5.15. The number of aromatic nitrogens is 1. The molecule has 0 unspecified atom stereocenters. The first-order chi connectivity index (χ1) is 16.4. The van der Waals surface area contributed by atoms with Gasteiger partial charge in [-0.2, -0.15) is 0 Å². The number of nitrogens with one attached hydrogen (secondary N) is 2. The van der Waals surface area contributed by atoms with Crippen molar-refractivity contribution < 1.29 is 14.3 Å². The second-order valence-electron chi connectivity index (χ2n) is 8.06. The van der Waals surface area contributed by atoms with Gasteiger partial charge in [-0.25, -0.2) is 4.79 Å². The van der Waals surface area contributed by atoms with Crippen LogP contribution < -0.4 is 15.8 Å². The maximum Gasteiger partial charge on any atom is 0.339 e. The summed E-state index contributed by atoms with van der Waals surface area (Å²) < 4.78 is 5.16. The number of pyridine rings is 1. The van der Waals surface area contributed by atoms with Crippen LogP contribution in [0.25, 0.3) is 10.9 Å². The number of esters is 1. The van der Waals surface area contributed by atoms with Crippen molar-refractivity contribution in [2.75, 3.05) is 16.8 Å². The normalized spacial score (nSPS) is 10.8. The highest BCUT2D eigenvalue weighted by atomic mass is 16.5. The Morgan fingerprint density at radius 3 is 2.26 bits per heavy atom. The topological polar surface area (TPSA) is 91.5 Å². The lowest BCUT2D eigenvalue weighted by atomic mass is 10.1. The summed E-state index contributed by atoms with van der Waals surface area (Å²) in [5.41, 5.74) is 2.88. The zero-order valence-corrected chi connectivity index (χ0v) is 18.9. The van der Waals surface area contributed by atoms with Gasteiger partial charge in [0.05, 0.1) is 5.56 Å². The number of ether oxygens (including phenoxy) is 1. The number of para-hydroxylation sites is 2. The van der Waals surface area contributed by atoms with Gasteiger partial charge in [-0.15, -0.1) is 0 Å². The number of hydrogen-bond donors (Lipinski definition) is 2. The third-order valence-corrected chi connectivity index (χ3v) is 5.28. The van der Waals surface area contributed by atoms with Crippen LogP contribution in [0.15, 0.2) is 89.7 Å². The number of H-pyrrole nitrogens is 1. The molecule has 0 aliphatic heterocycles. The van der Waals surface area contributed by atoms with Crippen molar-refractivity contribution in [1.29, 1.82) is 0 Å². The number of nitrogens with zero attached hydrogens (tertiary/aromatic N) is 1. The summed E-state index contributed by atoms with van der Waals surface area (Å²) in [5, 5.41) is 3.28. The molecule has 0 saturated heterocycles. The predicted molar refractivity (Wildman–Crippen MR) is 134 cm³/mol. The number of carbonyl (C=O) groups is 2. The van der Waals surface area contributed by atoms with E-state index in [4.69, 9.17) is 4.74 Å². The summed E-state index contributed by atoms with van der Waals surface area (Å²) in [6.07, 6.45) is 0. The standard InChI is InChI=1S/C27H25N3O4/c1-18(2)30(20-8-4-3-5-9-20)21-14-12-19(13-15-21)28-26(32)17-34-27(33)23-16-25(31)29-24-11-7-6-10-22(23)24/h3-16,18H,17H2,1-2H3,(H,28,32)(H,29,31). The molecule has 0 bridgehead atoms. The molecule has 4 aromatic rings. The Bertz CT molecular complexity index is 1360. The summed E-state index contributed by atoms with van der Waals surface area (Å²) in [5.74, 6) is -1.21. The van der Waals surface area contributed by atoms with Crippen LogP contribution in [0.2, 0.25) is 0 Å². The monoisotopic (exact) mass is 455 g/mol. The average molecular weight is 456 g/mol. The minimum absolute atomic E-state index is 0.117. The molecule has 0 fully saturated rings. The molecule has 0 saturated carbocycles.